The van der Waals surface area contributed by atoms with Crippen LogP contribution in [0.25, 0.3) is 10.9 Å². The van der Waals surface area contributed by atoms with Crippen molar-refractivity contribution in [3.63, 3.8) is 0 Å². The third-order valence-corrected chi connectivity index (χ3v) is 3.81. The average molecular weight is 346 g/mol. The van der Waals surface area contributed by atoms with Crippen molar-refractivity contribution in [2.24, 2.45) is 0 Å². The summed E-state index contributed by atoms with van der Waals surface area (Å²) in [6.45, 7) is 0.185. The molecule has 122 valence electrons. The molecule has 0 aliphatic carbocycles. The van der Waals surface area contributed by atoms with Crippen LogP contribution in [0, 0.1) is 5.82 Å². The molecule has 1 amide bonds. The summed E-state index contributed by atoms with van der Waals surface area (Å²) >= 11 is 5.85. The Morgan fingerprint density at radius 3 is 2.79 bits per heavy atom. The average Bonchev–Trinajstić information content (AvgIpc) is 2.55. The van der Waals surface area contributed by atoms with Gasteiger partial charge in [-0.05, 0) is 24.3 Å². The summed E-state index contributed by atoms with van der Waals surface area (Å²) in [5, 5.41) is 3.12. The second kappa shape index (κ2) is 6.80. The number of benzene rings is 2. The highest BCUT2D eigenvalue weighted by Gasteiger charge is 2.15. The smallest absolute Gasteiger partial charge is 0.258 e. The van der Waals surface area contributed by atoms with Crippen molar-refractivity contribution in [2.45, 2.75) is 6.42 Å². The van der Waals surface area contributed by atoms with Gasteiger partial charge in [0.2, 0.25) is 0 Å². The molecular weight excluding hydrogens is 333 g/mol. The van der Waals surface area contributed by atoms with Crippen LogP contribution in [-0.4, -0.2) is 22.4 Å². The number of hydrogen-bond acceptors (Lipinski definition) is 3. The van der Waals surface area contributed by atoms with Crippen molar-refractivity contribution in [3.8, 4) is 0 Å². The molecule has 0 saturated heterocycles. The van der Waals surface area contributed by atoms with Gasteiger partial charge in [-0.2, -0.15) is 0 Å². The van der Waals surface area contributed by atoms with E-state index in [9.17, 15) is 14.0 Å². The fraction of sp³-hybridized carbons (Fsp3) is 0.118. The minimum atomic E-state index is -0.683. The van der Waals surface area contributed by atoms with Crippen LogP contribution in [0.15, 0.2) is 47.3 Å². The van der Waals surface area contributed by atoms with E-state index >= 15 is 0 Å². The molecule has 0 aliphatic heterocycles. The van der Waals surface area contributed by atoms with E-state index in [1.165, 1.54) is 18.2 Å². The van der Waals surface area contributed by atoms with Gasteiger partial charge in [0.15, 0.2) is 0 Å². The van der Waals surface area contributed by atoms with E-state index in [4.69, 9.17) is 11.6 Å². The lowest BCUT2D eigenvalue weighted by molar-refractivity contribution is 0.0950. The Hall–Kier alpha value is -2.73. The van der Waals surface area contributed by atoms with Gasteiger partial charge in [-0.1, -0.05) is 29.8 Å². The molecule has 0 spiro atoms. The van der Waals surface area contributed by atoms with Gasteiger partial charge >= 0.3 is 0 Å². The number of fused-ring (bicyclic) bond motifs is 1. The summed E-state index contributed by atoms with van der Waals surface area (Å²) in [4.78, 5) is 31.0. The maximum absolute atomic E-state index is 13.7. The van der Waals surface area contributed by atoms with Gasteiger partial charge < -0.3 is 10.3 Å². The molecule has 0 fully saturated rings. The molecule has 0 atom stereocenters. The van der Waals surface area contributed by atoms with Crippen molar-refractivity contribution in [2.75, 3.05) is 6.54 Å². The second-order valence-electron chi connectivity index (χ2n) is 5.13. The maximum Gasteiger partial charge on any atom is 0.258 e. The third kappa shape index (κ3) is 3.28. The molecule has 5 nitrogen and oxygen atoms in total. The molecule has 0 unspecified atom stereocenters. The summed E-state index contributed by atoms with van der Waals surface area (Å²) in [5.41, 5.74) is 0.151. The molecule has 1 aromatic heterocycles. The fourth-order valence-electron chi connectivity index (χ4n) is 2.35. The Morgan fingerprint density at radius 2 is 2.00 bits per heavy atom. The Morgan fingerprint density at radius 1 is 1.21 bits per heavy atom. The monoisotopic (exact) mass is 345 g/mol. The molecule has 3 aromatic rings. The van der Waals surface area contributed by atoms with Crippen LogP contribution in [-0.2, 0) is 6.42 Å². The van der Waals surface area contributed by atoms with E-state index in [-0.39, 0.29) is 22.7 Å². The van der Waals surface area contributed by atoms with Crippen LogP contribution in [0.3, 0.4) is 0 Å². The first-order valence-electron chi connectivity index (χ1n) is 7.26. The van der Waals surface area contributed by atoms with Gasteiger partial charge in [-0.15, -0.1) is 0 Å². The van der Waals surface area contributed by atoms with Gasteiger partial charge in [-0.3, -0.25) is 9.59 Å². The number of rotatable bonds is 4. The summed E-state index contributed by atoms with van der Waals surface area (Å²) in [5.74, 6) is -0.850. The predicted octanol–water partition coefficient (Wildman–Crippen LogP) is 2.69. The lowest BCUT2D eigenvalue weighted by Crippen LogP contribution is -2.28. The molecule has 1 heterocycles. The van der Waals surface area contributed by atoms with E-state index in [0.29, 0.717) is 23.1 Å². The number of halogens is 2. The summed E-state index contributed by atoms with van der Waals surface area (Å²) in [6.07, 6.45) is 0.303. The Balaban J connectivity index is 1.71. The maximum atomic E-state index is 13.7. The molecule has 7 heteroatoms. The zero-order valence-corrected chi connectivity index (χ0v) is 13.2. The first kappa shape index (κ1) is 16.1. The molecule has 2 N–H and O–H groups in total. The van der Waals surface area contributed by atoms with E-state index in [1.807, 2.05) is 0 Å². The van der Waals surface area contributed by atoms with Crippen molar-refractivity contribution in [3.05, 3.63) is 75.0 Å². The zero-order valence-electron chi connectivity index (χ0n) is 12.5. The molecule has 0 saturated carbocycles. The number of carbonyl (C=O) groups excluding carboxylic acids is 1. The predicted molar refractivity (Wildman–Crippen MR) is 89.8 cm³/mol. The van der Waals surface area contributed by atoms with Gasteiger partial charge in [0.05, 0.1) is 21.5 Å². The minimum absolute atomic E-state index is 0.0461. The lowest BCUT2D eigenvalue weighted by Gasteiger charge is -2.08. The highest BCUT2D eigenvalue weighted by atomic mass is 35.5. The molecule has 3 rings (SSSR count). The Kier molecular flexibility index (Phi) is 4.57. The number of nitrogens with one attached hydrogen (secondary N) is 2. The lowest BCUT2D eigenvalue weighted by atomic mass is 10.2. The van der Waals surface area contributed by atoms with Gasteiger partial charge in [0, 0.05) is 13.0 Å². The topological polar surface area (TPSA) is 74.8 Å². The summed E-state index contributed by atoms with van der Waals surface area (Å²) in [7, 11) is 0. The highest BCUT2D eigenvalue weighted by molar-refractivity contribution is 6.33. The Labute approximate surface area is 141 Å². The number of aromatic nitrogens is 2. The van der Waals surface area contributed by atoms with Crippen molar-refractivity contribution in [1.29, 1.82) is 0 Å². The van der Waals surface area contributed by atoms with Gasteiger partial charge in [0.1, 0.15) is 11.6 Å². The minimum Gasteiger partial charge on any atom is -0.351 e. The standard InChI is InChI=1S/C17H13ClFN3O2/c18-11-5-3-6-12(19)15(11)17(24)20-9-8-14-21-13-7-2-1-4-10(13)16(23)22-14/h1-7H,8-9H2,(H,20,24)(H,21,22,23). The van der Waals surface area contributed by atoms with Crippen molar-refractivity contribution < 1.29 is 9.18 Å². The molecule has 0 aliphatic rings. The molecular formula is C17H13ClFN3O2. The number of amides is 1. The number of hydrogen-bond donors (Lipinski definition) is 2. The second-order valence-corrected chi connectivity index (χ2v) is 5.54. The van der Waals surface area contributed by atoms with Crippen LogP contribution in [0.5, 0.6) is 0 Å². The Bertz CT molecular complexity index is 951. The fourth-order valence-corrected chi connectivity index (χ4v) is 2.60. The number of para-hydroxylation sites is 1. The summed E-state index contributed by atoms with van der Waals surface area (Å²) < 4.78 is 13.7. The molecule has 0 bridgehead atoms. The van der Waals surface area contributed by atoms with Crippen molar-refractivity contribution in [1.82, 2.24) is 15.3 Å². The third-order valence-electron chi connectivity index (χ3n) is 3.50. The highest BCUT2D eigenvalue weighted by Crippen LogP contribution is 2.18. The van der Waals surface area contributed by atoms with E-state index < -0.39 is 11.7 Å². The van der Waals surface area contributed by atoms with E-state index in [0.717, 1.165) is 0 Å². The van der Waals surface area contributed by atoms with Crippen LogP contribution in [0.4, 0.5) is 4.39 Å². The van der Waals surface area contributed by atoms with Crippen LogP contribution in [0.2, 0.25) is 5.02 Å². The van der Waals surface area contributed by atoms with Gasteiger partial charge in [-0.25, -0.2) is 9.37 Å². The normalized spacial score (nSPS) is 10.8. The number of nitrogens with zero attached hydrogens (tertiary/aromatic N) is 1. The number of aromatic amines is 1. The number of carbonyl (C=O) groups is 1. The quantitative estimate of drug-likeness (QED) is 0.763. The zero-order chi connectivity index (χ0) is 17.1. The molecule has 0 radical (unpaired) electrons. The van der Waals surface area contributed by atoms with Crippen LogP contribution < -0.4 is 10.9 Å². The SMILES string of the molecule is O=C(NCCc1nc2ccccc2c(=O)[nH]1)c1c(F)cccc1Cl. The van der Waals surface area contributed by atoms with Crippen LogP contribution in [0.1, 0.15) is 16.2 Å². The largest absolute Gasteiger partial charge is 0.351 e. The first-order chi connectivity index (χ1) is 11.6. The van der Waals surface area contributed by atoms with E-state index in [2.05, 4.69) is 15.3 Å². The van der Waals surface area contributed by atoms with Crippen LogP contribution >= 0.6 is 11.6 Å². The van der Waals surface area contributed by atoms with E-state index in [1.54, 1.807) is 24.3 Å². The first-order valence-corrected chi connectivity index (χ1v) is 7.64. The van der Waals surface area contributed by atoms with Crippen molar-refractivity contribution >= 4 is 28.4 Å². The number of H-pyrrole nitrogens is 1. The summed E-state index contributed by atoms with van der Waals surface area (Å²) in [6, 6.07) is 11.0. The van der Waals surface area contributed by atoms with Gasteiger partial charge in [0.25, 0.3) is 11.5 Å². The molecule has 24 heavy (non-hydrogen) atoms. The molecule has 2 aromatic carbocycles.